The van der Waals surface area contributed by atoms with E-state index in [4.69, 9.17) is 11.6 Å². The van der Waals surface area contributed by atoms with Gasteiger partial charge in [-0.05, 0) is 23.1 Å². The summed E-state index contributed by atoms with van der Waals surface area (Å²) in [5.74, 6) is 0. The number of anilines is 1. The van der Waals surface area contributed by atoms with Crippen LogP contribution in [0.15, 0.2) is 18.2 Å². The molecule has 1 N–H and O–H groups in total. The molecule has 0 bridgehead atoms. The highest BCUT2D eigenvalue weighted by Crippen LogP contribution is 2.30. The third-order valence-electron chi connectivity index (χ3n) is 2.13. The third-order valence-corrected chi connectivity index (χ3v) is 3.03. The minimum atomic E-state index is -3.28. The molecule has 0 aliphatic heterocycles. The van der Waals surface area contributed by atoms with E-state index in [2.05, 4.69) is 25.5 Å². The minimum Gasteiger partial charge on any atom is -0.282 e. The van der Waals surface area contributed by atoms with E-state index in [1.165, 1.54) is 0 Å². The Kier molecular flexibility index (Phi) is 3.55. The van der Waals surface area contributed by atoms with Crippen molar-refractivity contribution in [2.75, 3.05) is 11.0 Å². The van der Waals surface area contributed by atoms with E-state index < -0.39 is 10.0 Å². The summed E-state index contributed by atoms with van der Waals surface area (Å²) in [5.41, 5.74) is 1.47. The Balaban J connectivity index is 3.11. The van der Waals surface area contributed by atoms with E-state index in [1.54, 1.807) is 12.1 Å². The summed E-state index contributed by atoms with van der Waals surface area (Å²) in [4.78, 5) is 0. The summed E-state index contributed by atoms with van der Waals surface area (Å²) < 4.78 is 24.5. The van der Waals surface area contributed by atoms with Crippen molar-refractivity contribution in [2.45, 2.75) is 26.2 Å². The fourth-order valence-corrected chi connectivity index (χ4v) is 2.13. The average Bonchev–Trinajstić information content (AvgIpc) is 2.04. The lowest BCUT2D eigenvalue weighted by Gasteiger charge is -2.20. The van der Waals surface area contributed by atoms with E-state index in [0.717, 1.165) is 11.8 Å². The van der Waals surface area contributed by atoms with Crippen molar-refractivity contribution in [3.8, 4) is 0 Å². The Bertz CT molecular complexity index is 489. The smallest absolute Gasteiger partial charge is 0.229 e. The molecule has 0 aromatic heterocycles. The van der Waals surface area contributed by atoms with Crippen molar-refractivity contribution in [2.24, 2.45) is 0 Å². The zero-order chi connectivity index (χ0) is 12.6. The number of benzene rings is 1. The highest BCUT2D eigenvalue weighted by molar-refractivity contribution is 7.92. The highest BCUT2D eigenvalue weighted by atomic mass is 35.5. The van der Waals surface area contributed by atoms with E-state index >= 15 is 0 Å². The first-order valence-corrected chi connectivity index (χ1v) is 7.14. The van der Waals surface area contributed by atoms with Gasteiger partial charge in [0.25, 0.3) is 0 Å². The largest absolute Gasteiger partial charge is 0.282 e. The topological polar surface area (TPSA) is 46.2 Å². The molecular formula is C11H16ClNO2S. The number of hydrogen-bond donors (Lipinski definition) is 1. The van der Waals surface area contributed by atoms with Crippen LogP contribution in [-0.4, -0.2) is 14.7 Å². The normalized spacial score (nSPS) is 12.6. The first-order valence-electron chi connectivity index (χ1n) is 4.87. The molecule has 5 heteroatoms. The van der Waals surface area contributed by atoms with Gasteiger partial charge >= 0.3 is 0 Å². The molecule has 90 valence electrons. The Labute approximate surface area is 102 Å². The molecule has 0 atom stereocenters. The van der Waals surface area contributed by atoms with E-state index in [9.17, 15) is 8.42 Å². The Morgan fingerprint density at radius 3 is 2.19 bits per heavy atom. The second kappa shape index (κ2) is 4.26. The molecule has 0 amide bonds. The van der Waals surface area contributed by atoms with Gasteiger partial charge in [-0.3, -0.25) is 4.72 Å². The molecule has 0 heterocycles. The Morgan fingerprint density at radius 1 is 1.25 bits per heavy atom. The highest BCUT2D eigenvalue weighted by Gasteiger charge is 2.15. The van der Waals surface area contributed by atoms with Crippen LogP contribution in [0.3, 0.4) is 0 Å². The first kappa shape index (κ1) is 13.3. The maximum atomic E-state index is 11.1. The molecule has 3 nitrogen and oxygen atoms in total. The fraction of sp³-hybridized carbons (Fsp3) is 0.455. The zero-order valence-corrected chi connectivity index (χ0v) is 11.4. The lowest BCUT2D eigenvalue weighted by atomic mass is 9.87. The van der Waals surface area contributed by atoms with Crippen molar-refractivity contribution in [3.63, 3.8) is 0 Å². The maximum absolute atomic E-state index is 11.1. The molecule has 1 aromatic carbocycles. The monoisotopic (exact) mass is 261 g/mol. The summed E-state index contributed by atoms with van der Waals surface area (Å²) in [6.07, 6.45) is 1.10. The lowest BCUT2D eigenvalue weighted by molar-refractivity contribution is 0.590. The molecule has 0 aliphatic rings. The van der Waals surface area contributed by atoms with E-state index in [-0.39, 0.29) is 5.41 Å². The number of nitrogens with one attached hydrogen (secondary N) is 1. The van der Waals surface area contributed by atoms with Crippen molar-refractivity contribution in [1.82, 2.24) is 0 Å². The van der Waals surface area contributed by atoms with Crippen LogP contribution < -0.4 is 4.72 Å². The average molecular weight is 262 g/mol. The number of halogens is 1. The van der Waals surface area contributed by atoms with Crippen LogP contribution in [0.2, 0.25) is 5.02 Å². The van der Waals surface area contributed by atoms with Crippen LogP contribution in [0.5, 0.6) is 0 Å². The summed E-state index contributed by atoms with van der Waals surface area (Å²) in [5, 5.41) is 0.415. The number of rotatable bonds is 2. The van der Waals surface area contributed by atoms with Crippen molar-refractivity contribution in [1.29, 1.82) is 0 Å². The molecule has 0 saturated carbocycles. The van der Waals surface area contributed by atoms with Crippen LogP contribution in [0.25, 0.3) is 0 Å². The van der Waals surface area contributed by atoms with Gasteiger partial charge in [-0.15, -0.1) is 0 Å². The van der Waals surface area contributed by atoms with E-state index in [0.29, 0.717) is 10.7 Å². The lowest BCUT2D eigenvalue weighted by Crippen LogP contribution is -2.13. The van der Waals surface area contributed by atoms with Crippen molar-refractivity contribution >= 4 is 27.3 Å². The second-order valence-corrected chi connectivity index (χ2v) is 6.97. The Morgan fingerprint density at radius 2 is 1.81 bits per heavy atom. The van der Waals surface area contributed by atoms with Gasteiger partial charge in [-0.2, -0.15) is 0 Å². The van der Waals surface area contributed by atoms with Crippen LogP contribution in [0, 0.1) is 0 Å². The summed E-state index contributed by atoms with van der Waals surface area (Å²) in [7, 11) is -3.28. The summed E-state index contributed by atoms with van der Waals surface area (Å²) in [6, 6.07) is 5.35. The van der Waals surface area contributed by atoms with Gasteiger partial charge in [0.2, 0.25) is 10.0 Å². The molecular weight excluding hydrogens is 246 g/mol. The fourth-order valence-electron chi connectivity index (χ4n) is 1.26. The van der Waals surface area contributed by atoms with Gasteiger partial charge in [0.05, 0.1) is 17.0 Å². The SMILES string of the molecule is CC(C)(C)c1ccc(NS(C)(=O)=O)c(Cl)c1. The van der Waals surface area contributed by atoms with Crippen LogP contribution >= 0.6 is 11.6 Å². The van der Waals surface area contributed by atoms with Crippen LogP contribution in [0.1, 0.15) is 26.3 Å². The summed E-state index contributed by atoms with van der Waals surface area (Å²) >= 11 is 6.01. The predicted molar refractivity (Wildman–Crippen MR) is 68.6 cm³/mol. The van der Waals surface area contributed by atoms with Crippen LogP contribution in [0.4, 0.5) is 5.69 Å². The molecule has 0 unspecified atom stereocenters. The number of hydrogen-bond acceptors (Lipinski definition) is 2. The van der Waals surface area contributed by atoms with Gasteiger partial charge in [0, 0.05) is 0 Å². The zero-order valence-electron chi connectivity index (χ0n) is 9.83. The first-order chi connectivity index (χ1) is 7.09. The third kappa shape index (κ3) is 3.68. The number of sulfonamides is 1. The molecule has 0 aliphatic carbocycles. The van der Waals surface area contributed by atoms with Crippen molar-refractivity contribution < 1.29 is 8.42 Å². The minimum absolute atomic E-state index is 0.00669. The summed E-state index contributed by atoms with van der Waals surface area (Å²) in [6.45, 7) is 6.22. The predicted octanol–water partition coefficient (Wildman–Crippen LogP) is 3.01. The van der Waals surface area contributed by atoms with Crippen LogP contribution in [-0.2, 0) is 15.4 Å². The second-order valence-electron chi connectivity index (χ2n) is 4.82. The molecule has 0 fully saturated rings. The Hall–Kier alpha value is -0.740. The molecule has 0 saturated heterocycles. The maximum Gasteiger partial charge on any atom is 0.229 e. The molecule has 16 heavy (non-hydrogen) atoms. The van der Waals surface area contributed by atoms with Gasteiger partial charge in [-0.25, -0.2) is 8.42 Å². The van der Waals surface area contributed by atoms with Gasteiger partial charge in [0.15, 0.2) is 0 Å². The molecule has 1 rings (SSSR count). The molecule has 1 aromatic rings. The van der Waals surface area contributed by atoms with Gasteiger partial charge in [-0.1, -0.05) is 38.4 Å². The molecule has 0 spiro atoms. The van der Waals surface area contributed by atoms with Gasteiger partial charge < -0.3 is 0 Å². The molecule has 0 radical (unpaired) electrons. The van der Waals surface area contributed by atoms with E-state index in [1.807, 2.05) is 6.07 Å². The quantitative estimate of drug-likeness (QED) is 0.890. The van der Waals surface area contributed by atoms with Crippen molar-refractivity contribution in [3.05, 3.63) is 28.8 Å². The standard InChI is InChI=1S/C11H16ClNO2S/c1-11(2,3)8-5-6-10(9(12)7-8)13-16(4,14)15/h5-7,13H,1-4H3. The van der Waals surface area contributed by atoms with Gasteiger partial charge in [0.1, 0.15) is 0 Å².